The number of allylic oxidation sites excluding steroid dienone is 1. The second kappa shape index (κ2) is 8.95. The topological polar surface area (TPSA) is 73.9 Å². The molecule has 1 aliphatic heterocycles. The Balaban J connectivity index is 1.65. The SMILES string of the molecule is CC1=CCC2C(C(=O)OCc3ccccc3)=COC(OC(=O)NCCCl)C12. The normalized spacial score (nSPS) is 23.4. The molecule has 2 aliphatic rings. The van der Waals surface area contributed by atoms with Crippen LogP contribution in [0.3, 0.4) is 0 Å². The van der Waals surface area contributed by atoms with E-state index in [0.717, 1.165) is 11.1 Å². The maximum atomic E-state index is 12.6. The number of carbonyl (C=O) groups excluding carboxylic acids is 2. The largest absolute Gasteiger partial charge is 0.461 e. The number of alkyl halides is 1. The van der Waals surface area contributed by atoms with Crippen LogP contribution in [-0.2, 0) is 25.6 Å². The molecule has 6 nitrogen and oxygen atoms in total. The molecule has 3 atom stereocenters. The molecular weight excluding hydrogens is 370 g/mol. The van der Waals surface area contributed by atoms with Gasteiger partial charge in [0.1, 0.15) is 6.61 Å². The van der Waals surface area contributed by atoms with Crippen molar-refractivity contribution in [3.8, 4) is 0 Å². The Labute approximate surface area is 163 Å². The van der Waals surface area contributed by atoms with Crippen LogP contribution in [0.15, 0.2) is 53.8 Å². The first-order chi connectivity index (χ1) is 13.1. The van der Waals surface area contributed by atoms with Crippen molar-refractivity contribution in [2.75, 3.05) is 12.4 Å². The van der Waals surface area contributed by atoms with E-state index in [-0.39, 0.29) is 18.4 Å². The monoisotopic (exact) mass is 391 g/mol. The molecule has 1 heterocycles. The van der Waals surface area contributed by atoms with Crippen LogP contribution in [0.25, 0.3) is 0 Å². The summed E-state index contributed by atoms with van der Waals surface area (Å²) in [6.45, 7) is 2.45. The zero-order valence-electron chi connectivity index (χ0n) is 15.0. The van der Waals surface area contributed by atoms with Crippen molar-refractivity contribution in [1.82, 2.24) is 5.32 Å². The fourth-order valence-electron chi connectivity index (χ4n) is 3.35. The predicted octanol–water partition coefficient (Wildman–Crippen LogP) is 3.52. The van der Waals surface area contributed by atoms with Gasteiger partial charge >= 0.3 is 12.1 Å². The van der Waals surface area contributed by atoms with Crippen LogP contribution in [0, 0.1) is 11.8 Å². The van der Waals surface area contributed by atoms with Crippen molar-refractivity contribution >= 4 is 23.7 Å². The number of benzene rings is 1. The van der Waals surface area contributed by atoms with E-state index in [1.807, 2.05) is 43.3 Å². The van der Waals surface area contributed by atoms with Gasteiger partial charge in [-0.05, 0) is 18.9 Å². The van der Waals surface area contributed by atoms with Gasteiger partial charge in [-0.3, -0.25) is 0 Å². The number of amides is 1. The van der Waals surface area contributed by atoms with Gasteiger partial charge in [0.2, 0.25) is 0 Å². The molecule has 0 saturated heterocycles. The smallest absolute Gasteiger partial charge is 0.410 e. The first kappa shape index (κ1) is 19.3. The third kappa shape index (κ3) is 4.63. The van der Waals surface area contributed by atoms with Gasteiger partial charge in [0.15, 0.2) is 0 Å². The second-order valence-electron chi connectivity index (χ2n) is 6.48. The number of hydrogen-bond donors (Lipinski definition) is 1. The van der Waals surface area contributed by atoms with Gasteiger partial charge in [-0.15, -0.1) is 11.6 Å². The van der Waals surface area contributed by atoms with E-state index in [1.165, 1.54) is 6.26 Å². The standard InChI is InChI=1S/C20H22ClNO5/c1-13-7-8-15-16(18(23)25-11-14-5-3-2-4-6-14)12-26-19(17(13)15)27-20(24)22-10-9-21/h2-7,12,15,17,19H,8-11H2,1H3,(H,22,24). The predicted molar refractivity (Wildman–Crippen MR) is 99.8 cm³/mol. The molecule has 0 fully saturated rings. The van der Waals surface area contributed by atoms with Crippen molar-refractivity contribution in [3.63, 3.8) is 0 Å². The molecule has 7 heteroatoms. The number of carbonyl (C=O) groups is 2. The van der Waals surface area contributed by atoms with Crippen LogP contribution in [-0.4, -0.2) is 30.8 Å². The first-order valence-electron chi connectivity index (χ1n) is 8.84. The molecule has 0 radical (unpaired) electrons. The summed E-state index contributed by atoms with van der Waals surface area (Å²) in [7, 11) is 0. The molecule has 144 valence electrons. The molecule has 0 saturated carbocycles. The summed E-state index contributed by atoms with van der Waals surface area (Å²) in [5.41, 5.74) is 2.40. The molecule has 3 unspecified atom stereocenters. The zero-order valence-corrected chi connectivity index (χ0v) is 15.8. The number of nitrogens with one attached hydrogen (secondary N) is 1. The summed E-state index contributed by atoms with van der Waals surface area (Å²) in [5.74, 6) is -0.464. The van der Waals surface area contributed by atoms with Gasteiger partial charge in [0, 0.05) is 18.3 Å². The van der Waals surface area contributed by atoms with E-state index in [9.17, 15) is 9.59 Å². The lowest BCUT2D eigenvalue weighted by Crippen LogP contribution is -2.40. The van der Waals surface area contributed by atoms with Crippen molar-refractivity contribution in [1.29, 1.82) is 0 Å². The Hall–Kier alpha value is -2.47. The van der Waals surface area contributed by atoms with Gasteiger partial charge in [0.05, 0.1) is 17.8 Å². The summed E-state index contributed by atoms with van der Waals surface area (Å²) in [6, 6.07) is 9.48. The van der Waals surface area contributed by atoms with E-state index in [2.05, 4.69) is 5.32 Å². The number of fused-ring (bicyclic) bond motifs is 1. The highest BCUT2D eigenvalue weighted by Gasteiger charge is 2.44. The quantitative estimate of drug-likeness (QED) is 0.456. The highest BCUT2D eigenvalue weighted by atomic mass is 35.5. The van der Waals surface area contributed by atoms with E-state index in [1.54, 1.807) is 0 Å². The Morgan fingerprint density at radius 3 is 2.81 bits per heavy atom. The van der Waals surface area contributed by atoms with Crippen LogP contribution in [0.4, 0.5) is 4.79 Å². The molecule has 0 spiro atoms. The highest BCUT2D eigenvalue weighted by molar-refractivity contribution is 6.18. The molecule has 1 N–H and O–H groups in total. The number of hydrogen-bond acceptors (Lipinski definition) is 5. The molecule has 1 amide bonds. The maximum absolute atomic E-state index is 12.6. The minimum Gasteiger partial charge on any atom is -0.461 e. The average Bonchev–Trinajstić information content (AvgIpc) is 3.08. The van der Waals surface area contributed by atoms with Crippen LogP contribution < -0.4 is 5.32 Å². The number of alkyl carbamates (subject to hydrolysis) is 1. The minimum atomic E-state index is -0.783. The van der Waals surface area contributed by atoms with Gasteiger partial charge in [-0.1, -0.05) is 42.0 Å². The lowest BCUT2D eigenvalue weighted by Gasteiger charge is -2.33. The molecule has 1 aliphatic carbocycles. The summed E-state index contributed by atoms with van der Waals surface area (Å²) in [6.07, 6.45) is 2.70. The Morgan fingerprint density at radius 2 is 2.07 bits per heavy atom. The third-order valence-corrected chi connectivity index (χ3v) is 4.90. The van der Waals surface area contributed by atoms with Gasteiger partial charge in [-0.25, -0.2) is 9.59 Å². The summed E-state index contributed by atoms with van der Waals surface area (Å²) >= 11 is 5.56. The third-order valence-electron chi connectivity index (χ3n) is 4.71. The summed E-state index contributed by atoms with van der Waals surface area (Å²) in [4.78, 5) is 24.4. The van der Waals surface area contributed by atoms with Crippen molar-refractivity contribution in [3.05, 3.63) is 59.4 Å². The van der Waals surface area contributed by atoms with E-state index >= 15 is 0 Å². The molecular formula is C20H22ClNO5. The summed E-state index contributed by atoms with van der Waals surface area (Å²) < 4.78 is 16.4. The van der Waals surface area contributed by atoms with Gasteiger partial charge < -0.3 is 19.5 Å². The Kier molecular flexibility index (Phi) is 6.40. The zero-order chi connectivity index (χ0) is 19.2. The Morgan fingerprint density at radius 1 is 1.30 bits per heavy atom. The number of rotatable bonds is 6. The molecule has 1 aromatic carbocycles. The Bertz CT molecular complexity index is 746. The molecule has 3 rings (SSSR count). The van der Waals surface area contributed by atoms with E-state index in [4.69, 9.17) is 25.8 Å². The van der Waals surface area contributed by atoms with Crippen molar-refractivity contribution in [2.45, 2.75) is 26.2 Å². The fourth-order valence-corrected chi connectivity index (χ4v) is 3.45. The van der Waals surface area contributed by atoms with Crippen LogP contribution >= 0.6 is 11.6 Å². The first-order valence-corrected chi connectivity index (χ1v) is 9.37. The lowest BCUT2D eigenvalue weighted by atomic mass is 9.84. The van der Waals surface area contributed by atoms with Crippen LogP contribution in [0.5, 0.6) is 0 Å². The molecule has 0 aromatic heterocycles. The van der Waals surface area contributed by atoms with Gasteiger partial charge in [-0.2, -0.15) is 0 Å². The lowest BCUT2D eigenvalue weighted by molar-refractivity contribution is -0.145. The van der Waals surface area contributed by atoms with Crippen molar-refractivity contribution in [2.24, 2.45) is 11.8 Å². The summed E-state index contributed by atoms with van der Waals surface area (Å²) in [5, 5.41) is 2.54. The van der Waals surface area contributed by atoms with E-state index < -0.39 is 18.4 Å². The van der Waals surface area contributed by atoms with Crippen molar-refractivity contribution < 1.29 is 23.8 Å². The second-order valence-corrected chi connectivity index (χ2v) is 6.85. The molecule has 1 aromatic rings. The van der Waals surface area contributed by atoms with Crippen LogP contribution in [0.2, 0.25) is 0 Å². The molecule has 0 bridgehead atoms. The van der Waals surface area contributed by atoms with E-state index in [0.29, 0.717) is 24.4 Å². The maximum Gasteiger partial charge on any atom is 0.410 e. The molecule has 27 heavy (non-hydrogen) atoms. The number of esters is 1. The highest BCUT2D eigenvalue weighted by Crippen LogP contribution is 2.43. The minimum absolute atomic E-state index is 0.132. The average molecular weight is 392 g/mol. The fraction of sp³-hybridized carbons (Fsp3) is 0.400. The van der Waals surface area contributed by atoms with Gasteiger partial charge in [0.25, 0.3) is 6.29 Å². The number of ether oxygens (including phenoxy) is 3. The number of halogens is 1. The van der Waals surface area contributed by atoms with Crippen LogP contribution in [0.1, 0.15) is 18.9 Å².